The highest BCUT2D eigenvalue weighted by Gasteiger charge is 2.51. The minimum absolute atomic E-state index is 0.0927. The molecule has 9 nitrogen and oxygen atoms in total. The smallest absolute Gasteiger partial charge is 0.504 e. The summed E-state index contributed by atoms with van der Waals surface area (Å²) in [5.74, 6) is -4.97. The topological polar surface area (TPSA) is 118 Å². The second-order valence-electron chi connectivity index (χ2n) is 7.37. The van der Waals surface area contributed by atoms with E-state index in [2.05, 4.69) is 0 Å². The van der Waals surface area contributed by atoms with Gasteiger partial charge in [-0.05, 0) is 35.8 Å². The fraction of sp³-hybridized carbons (Fsp3) is 0.286. The summed E-state index contributed by atoms with van der Waals surface area (Å²) in [6.45, 7) is 0. The number of ether oxygens (including phenoxy) is 3. The lowest BCUT2D eigenvalue weighted by atomic mass is 9.77. The molecule has 1 fully saturated rings. The van der Waals surface area contributed by atoms with Crippen molar-refractivity contribution in [2.75, 3.05) is 14.2 Å². The number of carboxylic acids is 1. The predicted molar refractivity (Wildman–Crippen MR) is 109 cm³/mol. The van der Waals surface area contributed by atoms with E-state index >= 15 is 0 Å². The summed E-state index contributed by atoms with van der Waals surface area (Å²) in [4.78, 5) is 36.9. The quantitative estimate of drug-likeness (QED) is 0.324. The molecule has 1 N–H and O–H groups in total. The Bertz CT molecular complexity index is 1160. The number of methoxy groups -OCH3 is 2. The van der Waals surface area contributed by atoms with Gasteiger partial charge in [-0.25, -0.2) is 9.59 Å². The lowest BCUT2D eigenvalue weighted by Gasteiger charge is -2.19. The average Bonchev–Trinajstić information content (AvgIpc) is 3.21. The van der Waals surface area contributed by atoms with Crippen LogP contribution < -0.4 is 14.9 Å². The fourth-order valence-electron chi connectivity index (χ4n) is 3.31. The van der Waals surface area contributed by atoms with E-state index in [-0.39, 0.29) is 35.3 Å². The van der Waals surface area contributed by atoms with E-state index in [4.69, 9.17) is 23.5 Å². The molecule has 2 atom stereocenters. The Morgan fingerprint density at radius 1 is 0.973 bits per heavy atom. The summed E-state index contributed by atoms with van der Waals surface area (Å²) in [5.41, 5.74) is -4.68. The third-order valence-electron chi connectivity index (χ3n) is 4.99. The van der Waals surface area contributed by atoms with E-state index in [1.807, 2.05) is 0 Å². The van der Waals surface area contributed by atoms with E-state index in [0.717, 1.165) is 0 Å². The summed E-state index contributed by atoms with van der Waals surface area (Å²) < 4.78 is 104. The molecule has 0 saturated carbocycles. The number of aliphatic carboxylic acids is 1. The number of rotatable bonds is 7. The SMILES string of the molecule is COc1cccc(OC)c1C(=O)O[C@@H](C(=O)O)[C@H]1OB(c2cc(C(F)(F)F)cc(C(F)(F)F)c2)OC1=O. The van der Waals surface area contributed by atoms with E-state index in [1.165, 1.54) is 32.4 Å². The van der Waals surface area contributed by atoms with Gasteiger partial charge in [0.25, 0.3) is 0 Å². The van der Waals surface area contributed by atoms with Crippen LogP contribution in [0.2, 0.25) is 0 Å². The Morgan fingerprint density at radius 2 is 1.49 bits per heavy atom. The molecular formula is C21H15BF6O9. The first-order valence-electron chi connectivity index (χ1n) is 9.97. The number of carboxylic acid groups (broad SMARTS) is 1. The van der Waals surface area contributed by atoms with Crippen LogP contribution in [0, 0.1) is 0 Å². The minimum atomic E-state index is -5.20. The lowest BCUT2D eigenvalue weighted by molar-refractivity contribution is -0.158. The maximum absolute atomic E-state index is 13.2. The molecule has 0 unspecified atom stereocenters. The number of benzene rings is 2. The van der Waals surface area contributed by atoms with E-state index in [9.17, 15) is 45.8 Å². The molecule has 1 heterocycles. The largest absolute Gasteiger partial charge is 0.565 e. The van der Waals surface area contributed by atoms with Crippen molar-refractivity contribution in [1.29, 1.82) is 0 Å². The van der Waals surface area contributed by atoms with Gasteiger partial charge in [0.15, 0.2) is 6.10 Å². The third kappa shape index (κ3) is 5.90. The number of carbonyl (C=O) groups excluding carboxylic acids is 2. The molecule has 198 valence electrons. The number of alkyl halides is 6. The fourth-order valence-corrected chi connectivity index (χ4v) is 3.31. The Hall–Kier alpha value is -3.95. The number of hydrogen-bond acceptors (Lipinski definition) is 8. The Kier molecular flexibility index (Phi) is 7.62. The first kappa shape index (κ1) is 27.6. The van der Waals surface area contributed by atoms with Crippen LogP contribution in [-0.4, -0.2) is 56.6 Å². The van der Waals surface area contributed by atoms with Gasteiger partial charge in [-0.15, -0.1) is 0 Å². The van der Waals surface area contributed by atoms with Crippen LogP contribution >= 0.6 is 0 Å². The van der Waals surface area contributed by atoms with Gasteiger partial charge in [0, 0.05) is 0 Å². The van der Waals surface area contributed by atoms with Crippen LogP contribution in [0.4, 0.5) is 26.3 Å². The molecule has 0 bridgehead atoms. The van der Waals surface area contributed by atoms with Crippen molar-refractivity contribution in [1.82, 2.24) is 0 Å². The molecule has 1 aliphatic rings. The highest BCUT2D eigenvalue weighted by molar-refractivity contribution is 6.64. The van der Waals surface area contributed by atoms with Gasteiger partial charge in [-0.2, -0.15) is 26.3 Å². The Morgan fingerprint density at radius 3 is 1.92 bits per heavy atom. The summed E-state index contributed by atoms with van der Waals surface area (Å²) in [6, 6.07) is 4.41. The zero-order valence-electron chi connectivity index (χ0n) is 18.7. The third-order valence-corrected chi connectivity index (χ3v) is 4.99. The second kappa shape index (κ2) is 10.2. The molecule has 2 aromatic rings. The standard InChI is InChI=1S/C21H15BF6O9/c1-33-12-4-3-5-13(34-2)14(12)18(31)35-15(17(29)30)16-19(32)37-22(36-16)11-7-9(20(23,24)25)6-10(8-11)21(26,27)28/h3-8,15-16H,1-2H3,(H,29,30)/t15-,16-/m1/s1. The maximum atomic E-state index is 13.2. The molecule has 0 amide bonds. The van der Waals surface area contributed by atoms with Crippen molar-refractivity contribution in [3.63, 3.8) is 0 Å². The summed E-state index contributed by atoms with van der Waals surface area (Å²) in [6.07, 6.45) is -15.1. The normalized spacial score (nSPS) is 16.7. The zero-order valence-corrected chi connectivity index (χ0v) is 18.7. The molecule has 0 radical (unpaired) electrons. The highest BCUT2D eigenvalue weighted by atomic mass is 19.4. The number of halogens is 6. The molecule has 0 aliphatic carbocycles. The van der Waals surface area contributed by atoms with Crippen molar-refractivity contribution in [2.45, 2.75) is 24.6 Å². The van der Waals surface area contributed by atoms with Gasteiger partial charge in [0.1, 0.15) is 17.1 Å². The summed E-state index contributed by atoms with van der Waals surface area (Å²) in [7, 11) is 0.210. The Labute approximate surface area is 203 Å². The van der Waals surface area contributed by atoms with Crippen LogP contribution in [-0.2, 0) is 36.0 Å². The van der Waals surface area contributed by atoms with Crippen molar-refractivity contribution >= 4 is 30.5 Å². The van der Waals surface area contributed by atoms with Crippen molar-refractivity contribution in [2.24, 2.45) is 0 Å². The lowest BCUT2D eigenvalue weighted by Crippen LogP contribution is -2.43. The van der Waals surface area contributed by atoms with E-state index in [1.54, 1.807) is 0 Å². The number of esters is 1. The van der Waals surface area contributed by atoms with Crippen LogP contribution in [0.3, 0.4) is 0 Å². The monoisotopic (exact) mass is 536 g/mol. The van der Waals surface area contributed by atoms with Gasteiger partial charge in [-0.1, -0.05) is 6.07 Å². The van der Waals surface area contributed by atoms with E-state index in [0.29, 0.717) is 0 Å². The van der Waals surface area contributed by atoms with Crippen LogP contribution in [0.15, 0.2) is 36.4 Å². The molecule has 1 aliphatic heterocycles. The number of hydrogen-bond donors (Lipinski definition) is 1. The van der Waals surface area contributed by atoms with Gasteiger partial charge in [-0.3, -0.25) is 4.79 Å². The molecule has 2 aromatic carbocycles. The van der Waals surface area contributed by atoms with E-state index < -0.39 is 66.2 Å². The molecule has 37 heavy (non-hydrogen) atoms. The van der Waals surface area contributed by atoms with Crippen LogP contribution in [0.5, 0.6) is 11.5 Å². The van der Waals surface area contributed by atoms with Crippen molar-refractivity contribution in [3.8, 4) is 11.5 Å². The Balaban J connectivity index is 1.93. The molecule has 0 spiro atoms. The van der Waals surface area contributed by atoms with Crippen molar-refractivity contribution in [3.05, 3.63) is 53.1 Å². The molecule has 1 saturated heterocycles. The van der Waals surface area contributed by atoms with Crippen LogP contribution in [0.1, 0.15) is 21.5 Å². The highest BCUT2D eigenvalue weighted by Crippen LogP contribution is 2.35. The van der Waals surface area contributed by atoms with Gasteiger partial charge < -0.3 is 28.6 Å². The molecule has 0 aromatic heterocycles. The predicted octanol–water partition coefficient (Wildman–Crippen LogP) is 2.69. The first-order chi connectivity index (χ1) is 17.2. The first-order valence-corrected chi connectivity index (χ1v) is 9.97. The second-order valence-corrected chi connectivity index (χ2v) is 7.37. The molecular weight excluding hydrogens is 521 g/mol. The maximum Gasteiger partial charge on any atom is 0.565 e. The number of carbonyl (C=O) groups is 3. The molecule has 16 heteroatoms. The zero-order chi connectivity index (χ0) is 27.7. The van der Waals surface area contributed by atoms with Gasteiger partial charge in [0.2, 0.25) is 6.10 Å². The van der Waals surface area contributed by atoms with Crippen molar-refractivity contribution < 1.29 is 69.4 Å². The van der Waals surface area contributed by atoms with Crippen LogP contribution in [0.25, 0.3) is 0 Å². The summed E-state index contributed by atoms with van der Waals surface area (Å²) in [5, 5.41) is 9.53. The average molecular weight is 536 g/mol. The van der Waals surface area contributed by atoms with Gasteiger partial charge >= 0.3 is 37.4 Å². The van der Waals surface area contributed by atoms with Gasteiger partial charge in [0.05, 0.1) is 25.3 Å². The molecule has 3 rings (SSSR count). The summed E-state index contributed by atoms with van der Waals surface area (Å²) >= 11 is 0. The minimum Gasteiger partial charge on any atom is -0.504 e.